The average Bonchev–Trinajstić information content (AvgIpc) is 3.02. The summed E-state index contributed by atoms with van der Waals surface area (Å²) in [6, 6.07) is 2.04. The number of benzene rings is 1. The lowest BCUT2D eigenvalue weighted by Crippen LogP contribution is -2.38. The van der Waals surface area contributed by atoms with Gasteiger partial charge in [0.25, 0.3) is 0 Å². The Balaban J connectivity index is 2.32. The molecule has 0 spiro atoms. The second-order valence-electron chi connectivity index (χ2n) is 8.89. The van der Waals surface area contributed by atoms with E-state index in [-0.39, 0.29) is 35.8 Å². The summed E-state index contributed by atoms with van der Waals surface area (Å²) in [5.74, 6) is -2.82. The van der Waals surface area contributed by atoms with E-state index in [1.54, 1.807) is 13.8 Å². The standard InChI is InChI=1S/C22H28F3NO5/c1-11(2)15(20(27)14-7-6-13(5)17(8-14)22(23,24)25)9-18(26(29)30)19-10-16(12(3)4)21(28)31-19/h6-8,11-12,15-16,18-19H,9-10H2,1-5H3/t15-,16-,18-,19-/m0/s1. The van der Waals surface area contributed by atoms with Gasteiger partial charge in [-0.05, 0) is 30.4 Å². The fourth-order valence-corrected chi connectivity index (χ4v) is 4.02. The third-order valence-corrected chi connectivity index (χ3v) is 6.03. The van der Waals surface area contributed by atoms with Crippen LogP contribution in [0.5, 0.6) is 0 Å². The number of carbonyl (C=O) groups excluding carboxylic acids is 2. The van der Waals surface area contributed by atoms with Crippen molar-refractivity contribution in [2.75, 3.05) is 0 Å². The van der Waals surface area contributed by atoms with Crippen molar-refractivity contribution in [2.45, 2.75) is 65.8 Å². The van der Waals surface area contributed by atoms with E-state index in [9.17, 15) is 32.9 Å². The Bertz CT molecular complexity index is 850. The van der Waals surface area contributed by atoms with Gasteiger partial charge < -0.3 is 4.74 Å². The first-order chi connectivity index (χ1) is 14.2. The molecule has 0 amide bonds. The van der Waals surface area contributed by atoms with Crippen LogP contribution < -0.4 is 0 Å². The number of ether oxygens (including phenoxy) is 1. The highest BCUT2D eigenvalue weighted by Gasteiger charge is 2.47. The van der Waals surface area contributed by atoms with Crippen molar-refractivity contribution in [3.05, 3.63) is 45.0 Å². The predicted molar refractivity (Wildman–Crippen MR) is 107 cm³/mol. The number of Topliss-reactive ketones (excluding diaryl/α,β-unsaturated/α-hetero) is 1. The Morgan fingerprint density at radius 3 is 2.32 bits per heavy atom. The highest BCUT2D eigenvalue weighted by molar-refractivity contribution is 5.98. The highest BCUT2D eigenvalue weighted by Crippen LogP contribution is 2.36. The SMILES string of the molecule is Cc1ccc(C(=O)[C@@H](C[C@@H]([C@@H]2C[C@@H](C(C)C)C(=O)O2)[N+](=O)[O-])C(C)C)cc1C(F)(F)F. The molecule has 1 fully saturated rings. The van der Waals surface area contributed by atoms with E-state index in [4.69, 9.17) is 4.74 Å². The molecule has 0 N–H and O–H groups in total. The average molecular weight is 443 g/mol. The van der Waals surface area contributed by atoms with Crippen LogP contribution in [0, 0.1) is 40.7 Å². The Morgan fingerprint density at radius 2 is 1.87 bits per heavy atom. The van der Waals surface area contributed by atoms with Crippen LogP contribution in [0.15, 0.2) is 18.2 Å². The number of cyclic esters (lactones) is 1. The van der Waals surface area contributed by atoms with Crippen molar-refractivity contribution >= 4 is 11.8 Å². The zero-order valence-corrected chi connectivity index (χ0v) is 18.2. The van der Waals surface area contributed by atoms with Gasteiger partial charge in [0, 0.05) is 29.2 Å². The zero-order valence-electron chi connectivity index (χ0n) is 18.2. The predicted octanol–water partition coefficient (Wildman–Crippen LogP) is 5.09. The molecular weight excluding hydrogens is 415 g/mol. The van der Waals surface area contributed by atoms with Crippen LogP contribution in [0.4, 0.5) is 13.2 Å². The molecular formula is C22H28F3NO5. The molecule has 0 aliphatic carbocycles. The van der Waals surface area contributed by atoms with E-state index in [1.807, 2.05) is 13.8 Å². The smallest absolute Gasteiger partial charge is 0.416 e. The number of alkyl halides is 3. The first-order valence-corrected chi connectivity index (χ1v) is 10.3. The summed E-state index contributed by atoms with van der Waals surface area (Å²) < 4.78 is 45.0. The largest absolute Gasteiger partial charge is 0.455 e. The van der Waals surface area contributed by atoms with E-state index in [2.05, 4.69) is 0 Å². The van der Waals surface area contributed by atoms with Crippen LogP contribution in [0.3, 0.4) is 0 Å². The molecule has 31 heavy (non-hydrogen) atoms. The minimum absolute atomic E-state index is 0.00842. The number of ketones is 1. The summed E-state index contributed by atoms with van der Waals surface area (Å²) in [6.45, 7) is 8.34. The number of carbonyl (C=O) groups is 2. The van der Waals surface area contributed by atoms with Gasteiger partial charge in [-0.3, -0.25) is 19.7 Å². The minimum atomic E-state index is -4.61. The van der Waals surface area contributed by atoms with Crippen LogP contribution in [-0.2, 0) is 15.7 Å². The number of hydrogen-bond acceptors (Lipinski definition) is 5. The number of nitrogens with zero attached hydrogens (tertiary/aromatic N) is 1. The summed E-state index contributed by atoms with van der Waals surface area (Å²) in [4.78, 5) is 36.4. The molecule has 172 valence electrons. The van der Waals surface area contributed by atoms with Gasteiger partial charge in [0.2, 0.25) is 6.04 Å². The zero-order chi connectivity index (χ0) is 23.7. The molecule has 2 rings (SSSR count). The lowest BCUT2D eigenvalue weighted by atomic mass is 9.80. The van der Waals surface area contributed by atoms with E-state index >= 15 is 0 Å². The Hall–Kier alpha value is -2.45. The van der Waals surface area contributed by atoms with Gasteiger partial charge in [-0.2, -0.15) is 13.2 Å². The molecule has 1 heterocycles. The normalized spacial score (nSPS) is 21.3. The summed E-state index contributed by atoms with van der Waals surface area (Å²) in [5.41, 5.74) is -1.05. The quantitative estimate of drug-likeness (QED) is 0.242. The number of rotatable bonds is 8. The number of nitro groups is 1. The van der Waals surface area contributed by atoms with Crippen LogP contribution in [0.25, 0.3) is 0 Å². The third kappa shape index (κ3) is 5.62. The van der Waals surface area contributed by atoms with Crippen molar-refractivity contribution in [1.82, 2.24) is 0 Å². The van der Waals surface area contributed by atoms with Crippen LogP contribution >= 0.6 is 0 Å². The molecule has 1 aromatic carbocycles. The van der Waals surface area contributed by atoms with Crippen LogP contribution in [0.2, 0.25) is 0 Å². The summed E-state index contributed by atoms with van der Waals surface area (Å²) in [7, 11) is 0. The minimum Gasteiger partial charge on any atom is -0.455 e. The summed E-state index contributed by atoms with van der Waals surface area (Å²) in [6.07, 6.45) is -5.61. The van der Waals surface area contributed by atoms with Crippen molar-refractivity contribution < 1.29 is 32.4 Å². The molecule has 1 aliphatic rings. The molecule has 0 unspecified atom stereocenters. The van der Waals surface area contributed by atoms with E-state index in [1.165, 1.54) is 19.1 Å². The monoisotopic (exact) mass is 443 g/mol. The molecule has 1 aliphatic heterocycles. The second-order valence-corrected chi connectivity index (χ2v) is 8.89. The molecule has 0 radical (unpaired) electrons. The maximum Gasteiger partial charge on any atom is 0.416 e. The molecule has 0 bridgehead atoms. The Morgan fingerprint density at radius 1 is 1.26 bits per heavy atom. The van der Waals surface area contributed by atoms with E-state index < -0.39 is 52.4 Å². The van der Waals surface area contributed by atoms with Crippen LogP contribution in [0.1, 0.15) is 62.0 Å². The maximum atomic E-state index is 13.3. The highest BCUT2D eigenvalue weighted by atomic mass is 19.4. The number of aryl methyl sites for hydroxylation is 1. The lowest BCUT2D eigenvalue weighted by molar-refractivity contribution is -0.535. The molecule has 9 heteroatoms. The summed E-state index contributed by atoms with van der Waals surface area (Å²) in [5, 5.41) is 11.8. The number of hydrogen-bond donors (Lipinski definition) is 0. The lowest BCUT2D eigenvalue weighted by Gasteiger charge is -2.24. The molecule has 1 aromatic rings. The number of esters is 1. The Kier molecular flexibility index (Phi) is 7.49. The van der Waals surface area contributed by atoms with E-state index in [0.717, 1.165) is 6.07 Å². The van der Waals surface area contributed by atoms with Crippen molar-refractivity contribution in [3.8, 4) is 0 Å². The van der Waals surface area contributed by atoms with Gasteiger partial charge >= 0.3 is 12.1 Å². The van der Waals surface area contributed by atoms with Crippen molar-refractivity contribution in [2.24, 2.45) is 23.7 Å². The molecule has 4 atom stereocenters. The first-order valence-electron chi connectivity index (χ1n) is 10.3. The number of halogens is 3. The van der Waals surface area contributed by atoms with E-state index in [0.29, 0.717) is 0 Å². The molecule has 0 saturated carbocycles. The third-order valence-electron chi connectivity index (χ3n) is 6.03. The maximum absolute atomic E-state index is 13.3. The van der Waals surface area contributed by atoms with Gasteiger partial charge in [0.05, 0.1) is 11.5 Å². The van der Waals surface area contributed by atoms with Gasteiger partial charge in [-0.15, -0.1) is 0 Å². The second kappa shape index (κ2) is 9.36. The topological polar surface area (TPSA) is 86.5 Å². The molecule has 1 saturated heterocycles. The molecule has 6 nitrogen and oxygen atoms in total. The van der Waals surface area contributed by atoms with Gasteiger partial charge in [-0.25, -0.2) is 0 Å². The summed E-state index contributed by atoms with van der Waals surface area (Å²) >= 11 is 0. The van der Waals surface area contributed by atoms with Crippen molar-refractivity contribution in [3.63, 3.8) is 0 Å². The fraction of sp³-hybridized carbons (Fsp3) is 0.636. The first kappa shape index (κ1) is 24.8. The van der Waals surface area contributed by atoms with Crippen molar-refractivity contribution in [1.29, 1.82) is 0 Å². The van der Waals surface area contributed by atoms with Gasteiger partial charge in [0.1, 0.15) is 0 Å². The van der Waals surface area contributed by atoms with Gasteiger partial charge in [-0.1, -0.05) is 39.8 Å². The van der Waals surface area contributed by atoms with Crippen LogP contribution in [-0.4, -0.2) is 28.8 Å². The molecule has 0 aromatic heterocycles. The fourth-order valence-electron chi connectivity index (χ4n) is 4.02. The Labute approximate surface area is 179 Å². The van der Waals surface area contributed by atoms with Gasteiger partial charge in [0.15, 0.2) is 11.9 Å².